The summed E-state index contributed by atoms with van der Waals surface area (Å²) in [5.74, 6) is -1.02. The van der Waals surface area contributed by atoms with Gasteiger partial charge in [-0.3, -0.25) is 9.78 Å². The number of aromatic nitrogens is 2. The Kier molecular flexibility index (Phi) is 5.76. The minimum absolute atomic E-state index is 0.00193. The summed E-state index contributed by atoms with van der Waals surface area (Å²) in [5, 5.41) is 11.5. The van der Waals surface area contributed by atoms with Gasteiger partial charge in [-0.15, -0.1) is 0 Å². The van der Waals surface area contributed by atoms with E-state index >= 15 is 0 Å². The number of anilines is 3. The lowest BCUT2D eigenvalue weighted by atomic mass is 9.90. The van der Waals surface area contributed by atoms with Gasteiger partial charge >= 0.3 is 0 Å². The number of likely N-dealkylation sites (N-methyl/N-ethyl adjacent to an activating group) is 1. The minimum Gasteiger partial charge on any atom is -0.365 e. The Morgan fingerprint density at radius 2 is 1.97 bits per heavy atom. The maximum atomic E-state index is 14.8. The summed E-state index contributed by atoms with van der Waals surface area (Å²) in [6, 6.07) is 8.98. The number of halogens is 1. The highest BCUT2D eigenvalue weighted by Crippen LogP contribution is 2.30. The number of rotatable bonds is 6. The molecule has 1 fully saturated rings. The number of hydrogen-bond donors (Lipinski definition) is 4. The van der Waals surface area contributed by atoms with Crippen molar-refractivity contribution in [1.29, 1.82) is 0 Å². The molecule has 0 aliphatic heterocycles. The molecular weight excluding hydrogens is 383 g/mol. The average Bonchev–Trinajstić information content (AvgIpc) is 2.76. The van der Waals surface area contributed by atoms with Crippen molar-refractivity contribution in [2.75, 3.05) is 17.7 Å². The van der Waals surface area contributed by atoms with Gasteiger partial charge in [0.15, 0.2) is 11.6 Å². The lowest BCUT2D eigenvalue weighted by Crippen LogP contribution is -2.45. The molecule has 3 aromatic rings. The van der Waals surface area contributed by atoms with E-state index in [0.717, 1.165) is 48.2 Å². The number of pyridine rings is 2. The quantitative estimate of drug-likeness (QED) is 0.497. The van der Waals surface area contributed by atoms with Crippen molar-refractivity contribution in [2.45, 2.75) is 37.8 Å². The standard InChI is InChI=1S/C22H25FN6O/c1-25-18-6-2-3-7-19(18)28-22-16(23)11-15(20(24)30)21(29-22)27-17-8-4-5-13-12-26-10-9-14(13)17/h4-5,8-12,18-19,25H,2-3,6-7H2,1H3,(H2,24,30)(H2,27,28,29)/t18-,19?/m0/s1. The fourth-order valence-corrected chi connectivity index (χ4v) is 4.06. The van der Waals surface area contributed by atoms with Crippen molar-refractivity contribution in [1.82, 2.24) is 15.3 Å². The van der Waals surface area contributed by atoms with Gasteiger partial charge in [-0.25, -0.2) is 9.37 Å². The lowest BCUT2D eigenvalue weighted by Gasteiger charge is -2.32. The first-order valence-electron chi connectivity index (χ1n) is 10.1. The molecule has 1 aliphatic carbocycles. The molecule has 1 aliphatic rings. The van der Waals surface area contributed by atoms with Crippen LogP contribution in [0.2, 0.25) is 0 Å². The fourth-order valence-electron chi connectivity index (χ4n) is 4.06. The van der Waals surface area contributed by atoms with Gasteiger partial charge in [0.25, 0.3) is 5.91 Å². The van der Waals surface area contributed by atoms with Gasteiger partial charge in [-0.1, -0.05) is 25.0 Å². The summed E-state index contributed by atoms with van der Waals surface area (Å²) in [4.78, 5) is 20.5. The Hall–Kier alpha value is -3.26. The molecule has 2 aromatic heterocycles. The zero-order valence-electron chi connectivity index (χ0n) is 16.8. The maximum Gasteiger partial charge on any atom is 0.252 e. The van der Waals surface area contributed by atoms with Crippen LogP contribution in [0.4, 0.5) is 21.7 Å². The van der Waals surface area contributed by atoms with Gasteiger partial charge in [-0.05, 0) is 38.1 Å². The van der Waals surface area contributed by atoms with Crippen LogP contribution < -0.4 is 21.7 Å². The van der Waals surface area contributed by atoms with Crippen molar-refractivity contribution >= 4 is 34.0 Å². The Morgan fingerprint density at radius 1 is 1.17 bits per heavy atom. The second-order valence-electron chi connectivity index (χ2n) is 7.54. The van der Waals surface area contributed by atoms with Crippen LogP contribution in [-0.4, -0.2) is 35.0 Å². The van der Waals surface area contributed by atoms with Crippen LogP contribution in [0.3, 0.4) is 0 Å². The molecular formula is C22H25FN6O. The molecule has 7 nitrogen and oxygen atoms in total. The zero-order chi connectivity index (χ0) is 21.1. The van der Waals surface area contributed by atoms with Crippen molar-refractivity contribution < 1.29 is 9.18 Å². The van der Waals surface area contributed by atoms with E-state index in [9.17, 15) is 9.18 Å². The SMILES string of the molecule is CN[C@H]1CCCCC1Nc1nc(Nc2cccc3cnccc23)c(C(N)=O)cc1F. The number of carbonyl (C=O) groups is 1. The van der Waals surface area contributed by atoms with Crippen molar-refractivity contribution in [3.8, 4) is 0 Å². The summed E-state index contributed by atoms with van der Waals surface area (Å²) in [5.41, 5.74) is 6.23. The molecule has 1 saturated carbocycles. The summed E-state index contributed by atoms with van der Waals surface area (Å²) >= 11 is 0. The Labute approximate surface area is 174 Å². The van der Waals surface area contributed by atoms with Crippen molar-refractivity contribution in [3.05, 3.63) is 54.1 Å². The van der Waals surface area contributed by atoms with Crippen LogP contribution in [0, 0.1) is 5.82 Å². The zero-order valence-corrected chi connectivity index (χ0v) is 16.8. The first-order chi connectivity index (χ1) is 14.6. The molecule has 8 heteroatoms. The number of fused-ring (bicyclic) bond motifs is 1. The number of hydrogen-bond acceptors (Lipinski definition) is 6. The lowest BCUT2D eigenvalue weighted by molar-refractivity contribution is 0.100. The predicted octanol–water partition coefficient (Wildman–Crippen LogP) is 3.55. The smallest absolute Gasteiger partial charge is 0.252 e. The molecule has 0 bridgehead atoms. The van der Waals surface area contributed by atoms with Gasteiger partial charge in [0.05, 0.1) is 5.56 Å². The van der Waals surface area contributed by atoms with Gasteiger partial charge in [-0.2, -0.15) is 0 Å². The molecule has 2 heterocycles. The second kappa shape index (κ2) is 8.62. The number of primary amides is 1. The highest BCUT2D eigenvalue weighted by molar-refractivity contribution is 6.01. The summed E-state index contributed by atoms with van der Waals surface area (Å²) in [6.07, 6.45) is 7.60. The third-order valence-corrected chi connectivity index (χ3v) is 5.63. The summed E-state index contributed by atoms with van der Waals surface area (Å²) in [6.45, 7) is 0. The van der Waals surface area contributed by atoms with Crippen LogP contribution in [0.1, 0.15) is 36.0 Å². The van der Waals surface area contributed by atoms with E-state index in [2.05, 4.69) is 25.9 Å². The Morgan fingerprint density at radius 3 is 2.73 bits per heavy atom. The molecule has 2 atom stereocenters. The number of amides is 1. The van der Waals surface area contributed by atoms with Gasteiger partial charge < -0.3 is 21.7 Å². The van der Waals surface area contributed by atoms with E-state index in [1.54, 1.807) is 12.4 Å². The third-order valence-electron chi connectivity index (χ3n) is 5.63. The van der Waals surface area contributed by atoms with Crippen LogP contribution in [-0.2, 0) is 0 Å². The van der Waals surface area contributed by atoms with Crippen LogP contribution in [0.25, 0.3) is 10.8 Å². The molecule has 156 valence electrons. The number of nitrogens with zero attached hydrogens (tertiary/aromatic N) is 2. The fraction of sp³-hybridized carbons (Fsp3) is 0.318. The van der Waals surface area contributed by atoms with E-state index < -0.39 is 11.7 Å². The Balaban J connectivity index is 1.71. The summed E-state index contributed by atoms with van der Waals surface area (Å²) < 4.78 is 14.8. The van der Waals surface area contributed by atoms with Crippen LogP contribution in [0.15, 0.2) is 42.7 Å². The second-order valence-corrected chi connectivity index (χ2v) is 7.54. The largest absolute Gasteiger partial charge is 0.365 e. The Bertz CT molecular complexity index is 1070. The molecule has 0 radical (unpaired) electrons. The van der Waals surface area contributed by atoms with Crippen LogP contribution in [0.5, 0.6) is 0 Å². The average molecular weight is 408 g/mol. The highest BCUT2D eigenvalue weighted by atomic mass is 19.1. The molecule has 1 unspecified atom stereocenters. The van der Waals surface area contributed by atoms with E-state index in [-0.39, 0.29) is 29.3 Å². The number of nitrogens with one attached hydrogen (secondary N) is 3. The molecule has 0 spiro atoms. The van der Waals surface area contributed by atoms with Crippen molar-refractivity contribution in [2.24, 2.45) is 5.73 Å². The van der Waals surface area contributed by atoms with Crippen LogP contribution >= 0.6 is 0 Å². The molecule has 1 aromatic carbocycles. The van der Waals surface area contributed by atoms with Gasteiger partial charge in [0, 0.05) is 40.9 Å². The molecule has 0 saturated heterocycles. The topological polar surface area (TPSA) is 105 Å². The highest BCUT2D eigenvalue weighted by Gasteiger charge is 2.26. The van der Waals surface area contributed by atoms with Crippen molar-refractivity contribution in [3.63, 3.8) is 0 Å². The molecule has 1 amide bonds. The first-order valence-corrected chi connectivity index (χ1v) is 10.1. The summed E-state index contributed by atoms with van der Waals surface area (Å²) in [7, 11) is 1.91. The van der Waals surface area contributed by atoms with E-state index in [1.165, 1.54) is 0 Å². The molecule has 4 rings (SSSR count). The third kappa shape index (κ3) is 4.04. The van der Waals surface area contributed by atoms with E-state index in [0.29, 0.717) is 0 Å². The maximum absolute atomic E-state index is 14.8. The van der Waals surface area contributed by atoms with E-state index in [1.807, 2.05) is 31.3 Å². The monoisotopic (exact) mass is 408 g/mol. The molecule has 5 N–H and O–H groups in total. The number of carbonyl (C=O) groups excluding carboxylic acids is 1. The molecule has 30 heavy (non-hydrogen) atoms. The number of benzene rings is 1. The first kappa shape index (κ1) is 20.0. The van der Waals surface area contributed by atoms with Gasteiger partial charge in [0.2, 0.25) is 0 Å². The number of nitrogens with two attached hydrogens (primary N) is 1. The van der Waals surface area contributed by atoms with E-state index in [4.69, 9.17) is 5.73 Å². The normalized spacial score (nSPS) is 18.9. The predicted molar refractivity (Wildman–Crippen MR) is 116 cm³/mol. The minimum atomic E-state index is -0.747. The van der Waals surface area contributed by atoms with Gasteiger partial charge in [0.1, 0.15) is 5.82 Å².